The van der Waals surface area contributed by atoms with E-state index in [1.54, 1.807) is 0 Å². The van der Waals surface area contributed by atoms with Crippen LogP contribution < -0.4 is 0 Å². The van der Waals surface area contributed by atoms with Gasteiger partial charge in [0.25, 0.3) is 0 Å². The Balaban J connectivity index is 2.65. The van der Waals surface area contributed by atoms with E-state index in [4.69, 9.17) is 23.2 Å². The van der Waals surface area contributed by atoms with Gasteiger partial charge in [0.15, 0.2) is 0 Å². The smallest absolute Gasteiger partial charge is 0.244 e. The molecule has 94 valence electrons. The fraction of sp³-hybridized carbons (Fsp3) is 0.600. The molecule has 0 bridgehead atoms. The Hall–Kier alpha value is -0.940. The van der Waals surface area contributed by atoms with Crippen molar-refractivity contribution >= 4 is 45.5 Å². The molecule has 1 saturated heterocycles. The molecule has 1 fully saturated rings. The number of hydrogen-bond acceptors (Lipinski definition) is 4. The zero-order valence-electron chi connectivity index (χ0n) is 8.95. The van der Waals surface area contributed by atoms with Crippen LogP contribution in [0.15, 0.2) is 0 Å². The van der Waals surface area contributed by atoms with Gasteiger partial charge in [-0.15, -0.1) is 0 Å². The fourth-order valence-electron chi connectivity index (χ4n) is 1.72. The zero-order chi connectivity index (χ0) is 13.0. The summed E-state index contributed by atoms with van der Waals surface area (Å²) in [5.41, 5.74) is 0. The lowest BCUT2D eigenvalue weighted by molar-refractivity contribution is -0.144. The van der Waals surface area contributed by atoms with Gasteiger partial charge < -0.3 is 0 Å². The first-order chi connectivity index (χ1) is 7.93. The molecule has 17 heavy (non-hydrogen) atoms. The quantitative estimate of drug-likeness (QED) is 0.541. The van der Waals surface area contributed by atoms with E-state index in [0.29, 0.717) is 6.42 Å². The molecule has 0 saturated carbocycles. The van der Waals surface area contributed by atoms with E-state index >= 15 is 0 Å². The summed E-state index contributed by atoms with van der Waals surface area (Å²) < 4.78 is 0. The molecule has 5 nitrogen and oxygen atoms in total. The van der Waals surface area contributed by atoms with E-state index in [-0.39, 0.29) is 25.7 Å². The molecule has 1 aliphatic rings. The second-order valence-electron chi connectivity index (χ2n) is 3.72. The first-order valence-electron chi connectivity index (χ1n) is 5.16. The number of halogens is 2. The monoisotopic (exact) mass is 279 g/mol. The topological polar surface area (TPSA) is 71.5 Å². The number of nitrogens with zero attached hydrogens (tertiary/aromatic N) is 1. The van der Waals surface area contributed by atoms with Crippen molar-refractivity contribution in [3.8, 4) is 0 Å². The SMILES string of the molecule is O=C(Cl)CCCC(C(=O)Cl)N1C(=O)CCC1=O. The van der Waals surface area contributed by atoms with Crippen LogP contribution in [0.1, 0.15) is 32.1 Å². The maximum Gasteiger partial charge on any atom is 0.244 e. The lowest BCUT2D eigenvalue weighted by Gasteiger charge is -2.22. The van der Waals surface area contributed by atoms with Gasteiger partial charge in [-0.25, -0.2) is 0 Å². The number of hydrogen-bond donors (Lipinski definition) is 0. The Morgan fingerprint density at radius 3 is 2.12 bits per heavy atom. The molecule has 0 radical (unpaired) electrons. The third kappa shape index (κ3) is 3.78. The Morgan fingerprint density at radius 2 is 1.71 bits per heavy atom. The number of likely N-dealkylation sites (tertiary alicyclic amines) is 1. The van der Waals surface area contributed by atoms with Crippen LogP contribution in [0.2, 0.25) is 0 Å². The highest BCUT2D eigenvalue weighted by Gasteiger charge is 2.37. The summed E-state index contributed by atoms with van der Waals surface area (Å²) in [5, 5.41) is -1.29. The maximum absolute atomic E-state index is 11.4. The Bertz CT molecular complexity index is 353. The van der Waals surface area contributed by atoms with Gasteiger partial charge in [0.05, 0.1) is 0 Å². The van der Waals surface area contributed by atoms with Crippen LogP contribution in [0.25, 0.3) is 0 Å². The van der Waals surface area contributed by atoms with Crippen LogP contribution in [0, 0.1) is 0 Å². The second kappa shape index (κ2) is 6.12. The van der Waals surface area contributed by atoms with Crippen LogP contribution in [0.3, 0.4) is 0 Å². The number of carbonyl (C=O) groups is 4. The van der Waals surface area contributed by atoms with E-state index in [9.17, 15) is 19.2 Å². The van der Waals surface area contributed by atoms with Crippen LogP contribution >= 0.6 is 23.2 Å². The summed E-state index contributed by atoms with van der Waals surface area (Å²) in [5.74, 6) is -0.794. The van der Waals surface area contributed by atoms with Gasteiger partial charge >= 0.3 is 0 Å². The molecule has 0 aliphatic carbocycles. The normalized spacial score (nSPS) is 17.4. The molecular weight excluding hydrogens is 269 g/mol. The third-order valence-electron chi connectivity index (χ3n) is 2.51. The van der Waals surface area contributed by atoms with E-state index in [2.05, 4.69) is 0 Å². The first-order valence-corrected chi connectivity index (χ1v) is 5.91. The molecule has 0 aromatic rings. The molecule has 1 atom stereocenters. The highest BCUT2D eigenvalue weighted by atomic mass is 35.5. The van der Waals surface area contributed by atoms with Crippen molar-refractivity contribution in [1.29, 1.82) is 0 Å². The molecule has 0 spiro atoms. The fourth-order valence-corrected chi connectivity index (χ4v) is 2.06. The predicted molar refractivity (Wildman–Crippen MR) is 60.4 cm³/mol. The van der Waals surface area contributed by atoms with Gasteiger partial charge in [0, 0.05) is 19.3 Å². The van der Waals surface area contributed by atoms with E-state index in [1.807, 2.05) is 0 Å². The van der Waals surface area contributed by atoms with Gasteiger partial charge in [-0.1, -0.05) is 0 Å². The summed E-state index contributed by atoms with van der Waals surface area (Å²) >= 11 is 10.5. The van der Waals surface area contributed by atoms with Crippen LogP contribution in [0.5, 0.6) is 0 Å². The molecule has 0 aromatic heterocycles. The molecule has 1 aliphatic heterocycles. The summed E-state index contributed by atoms with van der Waals surface area (Å²) in [7, 11) is 0. The summed E-state index contributed by atoms with van der Waals surface area (Å²) in [6.07, 6.45) is 0.765. The highest BCUT2D eigenvalue weighted by Crippen LogP contribution is 2.21. The van der Waals surface area contributed by atoms with Gasteiger partial charge in [-0.2, -0.15) is 0 Å². The molecule has 1 rings (SSSR count). The minimum Gasteiger partial charge on any atom is -0.281 e. The van der Waals surface area contributed by atoms with Crippen molar-refractivity contribution in [3.05, 3.63) is 0 Å². The van der Waals surface area contributed by atoms with Crippen LogP contribution in [-0.4, -0.2) is 33.2 Å². The van der Waals surface area contributed by atoms with E-state index in [0.717, 1.165) is 4.90 Å². The zero-order valence-corrected chi connectivity index (χ0v) is 10.5. The predicted octanol–water partition coefficient (Wildman–Crippen LogP) is 1.21. The lowest BCUT2D eigenvalue weighted by atomic mass is 10.1. The number of rotatable bonds is 6. The number of imide groups is 1. The molecule has 0 aromatic carbocycles. The average molecular weight is 280 g/mol. The molecule has 1 unspecified atom stereocenters. The third-order valence-corrected chi connectivity index (χ3v) is 2.96. The number of amides is 2. The van der Waals surface area contributed by atoms with Crippen molar-refractivity contribution in [2.75, 3.05) is 0 Å². The lowest BCUT2D eigenvalue weighted by Crippen LogP contribution is -2.42. The Kier molecular flexibility index (Phi) is 5.08. The largest absolute Gasteiger partial charge is 0.281 e. The Morgan fingerprint density at radius 1 is 1.18 bits per heavy atom. The first kappa shape index (κ1) is 14.1. The molecule has 1 heterocycles. The highest BCUT2D eigenvalue weighted by molar-refractivity contribution is 6.65. The number of carbonyl (C=O) groups excluding carboxylic acids is 4. The second-order valence-corrected chi connectivity index (χ2v) is 4.52. The Labute approximate surface area is 108 Å². The van der Waals surface area contributed by atoms with Crippen molar-refractivity contribution < 1.29 is 19.2 Å². The summed E-state index contributed by atoms with van der Waals surface area (Å²) in [6.45, 7) is 0. The maximum atomic E-state index is 11.4. The minimum absolute atomic E-state index is 0.0818. The van der Waals surface area contributed by atoms with Crippen LogP contribution in [0.4, 0.5) is 0 Å². The summed E-state index contributed by atoms with van der Waals surface area (Å²) in [6, 6.07) is -0.977. The van der Waals surface area contributed by atoms with Crippen LogP contribution in [-0.2, 0) is 19.2 Å². The van der Waals surface area contributed by atoms with Crippen molar-refractivity contribution in [2.45, 2.75) is 38.1 Å². The minimum atomic E-state index is -0.977. The van der Waals surface area contributed by atoms with E-state index < -0.39 is 28.3 Å². The van der Waals surface area contributed by atoms with Gasteiger partial charge in [-0.05, 0) is 36.0 Å². The molecule has 7 heteroatoms. The summed E-state index contributed by atoms with van der Waals surface area (Å²) in [4.78, 5) is 45.5. The van der Waals surface area contributed by atoms with Crippen molar-refractivity contribution in [2.24, 2.45) is 0 Å². The van der Waals surface area contributed by atoms with Gasteiger partial charge in [0.1, 0.15) is 6.04 Å². The van der Waals surface area contributed by atoms with E-state index in [1.165, 1.54) is 0 Å². The molecular formula is C10H11Cl2NO4. The van der Waals surface area contributed by atoms with Crippen molar-refractivity contribution in [1.82, 2.24) is 4.90 Å². The molecule has 2 amide bonds. The average Bonchev–Trinajstić information content (AvgIpc) is 2.54. The van der Waals surface area contributed by atoms with Crippen molar-refractivity contribution in [3.63, 3.8) is 0 Å². The standard InChI is InChI=1S/C10H11Cl2NO4/c11-7(14)3-1-2-6(10(12)17)13-8(15)4-5-9(13)16/h6H,1-5H2. The molecule has 0 N–H and O–H groups in total. The van der Waals surface area contributed by atoms with Gasteiger partial charge in [0.2, 0.25) is 22.3 Å². The van der Waals surface area contributed by atoms with Gasteiger partial charge in [-0.3, -0.25) is 24.1 Å².